The molecule has 4 aliphatic heterocycles. The number of aliphatic carboxylic acids is 1. The third-order valence-electron chi connectivity index (χ3n) is 12.7. The molecule has 0 spiro atoms. The Kier molecular flexibility index (Phi) is 12.8. The summed E-state index contributed by atoms with van der Waals surface area (Å²) in [6.45, 7) is 5.50. The van der Waals surface area contributed by atoms with Crippen molar-refractivity contribution >= 4 is 34.7 Å². The number of anilines is 3. The molecule has 2 aromatic heterocycles. The first-order chi connectivity index (χ1) is 27.7. The molecule has 3 atom stereocenters. The standard InChI is InChI=1S/C38H53F2N9O2.C2HF3O2/c1-41-30-21-35(45-49-32(22-43-36(30)49)37(50)44-29-6-7-33(29)51-2)48-19-12-28-27(4-3-5-31(28)48)23-46-16-13-34(38(39,40)24-46)47-17-10-26(11-18-47)20-25-8-14-42-15-9-25;3-2(4,5)1(6)7/h3-5,21-22,25-26,29,33-34,41-42H,6-20,23-24H2,1-2H3,(H,44,50);(H,6,7)/t29-,33-,34-;/m1./s1. The lowest BCUT2D eigenvalue weighted by molar-refractivity contribution is -0.192. The largest absolute Gasteiger partial charge is 0.490 e. The zero-order valence-corrected chi connectivity index (χ0v) is 33.0. The molecule has 1 aliphatic carbocycles. The van der Waals surface area contributed by atoms with Crippen LogP contribution in [0.4, 0.5) is 39.1 Å². The monoisotopic (exact) mass is 819 g/mol. The Morgan fingerprint density at radius 1 is 1.02 bits per heavy atom. The first-order valence-electron chi connectivity index (χ1n) is 20.4. The minimum absolute atomic E-state index is 0.0223. The summed E-state index contributed by atoms with van der Waals surface area (Å²) < 4.78 is 70.6. The van der Waals surface area contributed by atoms with E-state index in [4.69, 9.17) is 19.7 Å². The highest BCUT2D eigenvalue weighted by molar-refractivity contribution is 5.94. The van der Waals surface area contributed by atoms with Crippen molar-refractivity contribution in [2.24, 2.45) is 11.8 Å². The highest BCUT2D eigenvalue weighted by Crippen LogP contribution is 2.40. The van der Waals surface area contributed by atoms with Crippen molar-refractivity contribution in [1.82, 2.24) is 35.0 Å². The number of hydrogen-bond acceptors (Lipinski definition) is 10. The van der Waals surface area contributed by atoms with Crippen molar-refractivity contribution in [3.8, 4) is 0 Å². The Labute approximate surface area is 334 Å². The number of carbonyl (C=O) groups excluding carboxylic acids is 1. The van der Waals surface area contributed by atoms with E-state index in [-0.39, 0.29) is 24.6 Å². The van der Waals surface area contributed by atoms with Crippen molar-refractivity contribution in [3.05, 3.63) is 47.3 Å². The van der Waals surface area contributed by atoms with E-state index in [0.717, 1.165) is 81.1 Å². The number of carboxylic acids is 1. The lowest BCUT2D eigenvalue weighted by atomic mass is 9.82. The maximum Gasteiger partial charge on any atom is 0.490 e. The number of rotatable bonds is 10. The molecule has 18 heteroatoms. The topological polar surface area (TPSA) is 140 Å². The average molecular weight is 820 g/mol. The van der Waals surface area contributed by atoms with Crippen LogP contribution in [-0.2, 0) is 22.5 Å². The quantitative estimate of drug-likeness (QED) is 0.198. The molecule has 0 radical (unpaired) electrons. The summed E-state index contributed by atoms with van der Waals surface area (Å²) >= 11 is 0. The molecule has 1 amide bonds. The van der Waals surface area contributed by atoms with E-state index in [0.29, 0.717) is 49.1 Å². The van der Waals surface area contributed by atoms with Gasteiger partial charge in [0.25, 0.3) is 11.8 Å². The second-order valence-electron chi connectivity index (χ2n) is 16.3. The van der Waals surface area contributed by atoms with Crippen LogP contribution in [-0.4, -0.2) is 132 Å². The van der Waals surface area contributed by atoms with Crippen LogP contribution in [0.3, 0.4) is 0 Å². The zero-order chi connectivity index (χ0) is 41.2. The molecule has 8 rings (SSSR count). The van der Waals surface area contributed by atoms with Crippen LogP contribution in [0.15, 0.2) is 30.5 Å². The number of benzene rings is 1. The molecule has 1 aromatic carbocycles. The van der Waals surface area contributed by atoms with Crippen LogP contribution in [0.5, 0.6) is 0 Å². The van der Waals surface area contributed by atoms with Gasteiger partial charge in [-0.2, -0.15) is 13.2 Å². The molecule has 318 valence electrons. The summed E-state index contributed by atoms with van der Waals surface area (Å²) in [5.74, 6) is -3.56. The van der Waals surface area contributed by atoms with Crippen molar-refractivity contribution < 1.29 is 41.4 Å². The number of hydrogen-bond donors (Lipinski definition) is 4. The van der Waals surface area contributed by atoms with Crippen LogP contribution in [0.25, 0.3) is 5.65 Å². The summed E-state index contributed by atoms with van der Waals surface area (Å²) in [4.78, 5) is 33.0. The van der Waals surface area contributed by atoms with Gasteiger partial charge in [0.1, 0.15) is 0 Å². The van der Waals surface area contributed by atoms with Gasteiger partial charge in [0, 0.05) is 45.5 Å². The summed E-state index contributed by atoms with van der Waals surface area (Å²) in [6, 6.07) is 7.44. The summed E-state index contributed by atoms with van der Waals surface area (Å²) in [6.07, 6.45) is 5.47. The van der Waals surface area contributed by atoms with Gasteiger partial charge in [-0.1, -0.05) is 12.1 Å². The maximum atomic E-state index is 15.9. The fourth-order valence-electron chi connectivity index (χ4n) is 9.39. The van der Waals surface area contributed by atoms with Crippen molar-refractivity contribution in [3.63, 3.8) is 0 Å². The first-order valence-corrected chi connectivity index (χ1v) is 20.4. The number of carbonyl (C=O) groups is 2. The Morgan fingerprint density at radius 2 is 1.74 bits per heavy atom. The van der Waals surface area contributed by atoms with E-state index >= 15 is 8.78 Å². The third-order valence-corrected chi connectivity index (χ3v) is 12.7. The summed E-state index contributed by atoms with van der Waals surface area (Å²) in [5, 5.41) is 21.8. The van der Waals surface area contributed by atoms with Gasteiger partial charge in [0.05, 0.1) is 36.6 Å². The fourth-order valence-corrected chi connectivity index (χ4v) is 9.39. The number of fused-ring (bicyclic) bond motifs is 2. The minimum Gasteiger partial charge on any atom is -0.475 e. The average Bonchev–Trinajstić information content (AvgIpc) is 3.82. The third kappa shape index (κ3) is 9.19. The predicted octanol–water partition coefficient (Wildman–Crippen LogP) is 5.32. The van der Waals surface area contributed by atoms with Crippen LogP contribution in [0.1, 0.15) is 73.0 Å². The van der Waals surface area contributed by atoms with E-state index in [2.05, 4.69) is 42.9 Å². The van der Waals surface area contributed by atoms with Gasteiger partial charge >= 0.3 is 12.1 Å². The van der Waals surface area contributed by atoms with E-state index in [9.17, 15) is 18.0 Å². The normalized spacial score (nSPS) is 24.5. The van der Waals surface area contributed by atoms with Crippen LogP contribution >= 0.6 is 0 Å². The highest BCUT2D eigenvalue weighted by Gasteiger charge is 2.48. The van der Waals surface area contributed by atoms with E-state index < -0.39 is 24.1 Å². The maximum absolute atomic E-state index is 15.9. The minimum atomic E-state index is -5.08. The molecule has 0 unspecified atom stereocenters. The number of nitrogens with one attached hydrogen (secondary N) is 3. The van der Waals surface area contributed by atoms with Crippen molar-refractivity contribution in [2.45, 2.75) is 94.6 Å². The van der Waals surface area contributed by atoms with E-state index in [1.807, 2.05) is 24.1 Å². The van der Waals surface area contributed by atoms with Crippen molar-refractivity contribution in [2.75, 3.05) is 70.2 Å². The highest BCUT2D eigenvalue weighted by atomic mass is 19.4. The van der Waals surface area contributed by atoms with Gasteiger partial charge in [-0.15, -0.1) is 5.10 Å². The smallest absolute Gasteiger partial charge is 0.475 e. The number of aromatic nitrogens is 3. The molecule has 4 fully saturated rings. The summed E-state index contributed by atoms with van der Waals surface area (Å²) in [7, 11) is 3.50. The number of imidazole rings is 1. The Bertz CT molecular complexity index is 1910. The molecule has 4 N–H and O–H groups in total. The van der Waals surface area contributed by atoms with E-state index in [1.54, 1.807) is 17.8 Å². The second kappa shape index (κ2) is 17.6. The second-order valence-corrected chi connectivity index (χ2v) is 16.3. The lowest BCUT2D eigenvalue weighted by Crippen LogP contribution is -2.59. The van der Waals surface area contributed by atoms with Gasteiger partial charge in [-0.3, -0.25) is 14.6 Å². The van der Waals surface area contributed by atoms with Gasteiger partial charge in [0.15, 0.2) is 17.2 Å². The summed E-state index contributed by atoms with van der Waals surface area (Å²) in [5.41, 5.74) is 4.99. The number of likely N-dealkylation sites (tertiary alicyclic amines) is 2. The van der Waals surface area contributed by atoms with Crippen LogP contribution in [0.2, 0.25) is 0 Å². The van der Waals surface area contributed by atoms with Crippen LogP contribution in [0, 0.1) is 11.8 Å². The Hall–Kier alpha value is -4.13. The number of nitrogens with zero attached hydrogens (tertiary/aromatic N) is 6. The molecule has 6 heterocycles. The molecule has 3 aromatic rings. The molecular formula is C40H54F5N9O4. The number of piperidine rings is 3. The number of carboxylic acid groups (broad SMARTS) is 1. The van der Waals surface area contributed by atoms with Gasteiger partial charge in [-0.05, 0) is 113 Å². The first kappa shape index (κ1) is 42.0. The predicted molar refractivity (Wildman–Crippen MR) is 208 cm³/mol. The van der Waals surface area contributed by atoms with Crippen LogP contribution < -0.4 is 20.9 Å². The Balaban J connectivity index is 0.000000672. The number of amides is 1. The molecule has 0 bridgehead atoms. The number of alkyl halides is 5. The number of ether oxygens (including phenoxy) is 1. The zero-order valence-electron chi connectivity index (χ0n) is 33.0. The fraction of sp³-hybridized carbons (Fsp3) is 0.650. The molecular weight excluding hydrogens is 765 g/mol. The van der Waals surface area contributed by atoms with Gasteiger partial charge < -0.3 is 30.7 Å². The molecule has 1 saturated carbocycles. The lowest BCUT2D eigenvalue weighted by Gasteiger charge is -2.46. The van der Waals surface area contributed by atoms with E-state index in [1.165, 1.54) is 24.8 Å². The van der Waals surface area contributed by atoms with Gasteiger partial charge in [-0.25, -0.2) is 23.1 Å². The van der Waals surface area contributed by atoms with Crippen molar-refractivity contribution in [1.29, 1.82) is 0 Å². The molecule has 58 heavy (non-hydrogen) atoms. The molecule has 3 saturated heterocycles. The number of halogens is 5. The molecule has 5 aliphatic rings. The SMILES string of the molecule is CNc1cc(N2CCc3c(CN4CC[C@@H](N5CCC(CC6CCNCC6)CC5)C(F)(F)C4)cccc32)nn2c(C(=O)N[C@@H]3CC[C@H]3OC)cnc12.O=C(O)C(F)(F)F. The number of methoxy groups -OCH3 is 1. The molecule has 13 nitrogen and oxygen atoms in total. The van der Waals surface area contributed by atoms with Gasteiger partial charge in [0.2, 0.25) is 0 Å². The Morgan fingerprint density at radius 3 is 2.38 bits per heavy atom.